The number of hydrogen-bond donors (Lipinski definition) is 0. The van der Waals surface area contributed by atoms with Gasteiger partial charge in [0, 0.05) is 12.1 Å². The van der Waals surface area contributed by atoms with Crippen LogP contribution in [0.1, 0.15) is 16.7 Å². The van der Waals surface area contributed by atoms with Gasteiger partial charge in [-0.2, -0.15) is 10.5 Å². The van der Waals surface area contributed by atoms with E-state index in [2.05, 4.69) is 6.07 Å². The Morgan fingerprint density at radius 3 is 2.43 bits per heavy atom. The minimum atomic E-state index is -0.481. The van der Waals surface area contributed by atoms with Gasteiger partial charge < -0.3 is 0 Å². The van der Waals surface area contributed by atoms with Gasteiger partial charge >= 0.3 is 0 Å². The van der Waals surface area contributed by atoms with Crippen LogP contribution in [0.15, 0.2) is 48.5 Å². The maximum atomic E-state index is 10.7. The third kappa shape index (κ3) is 3.31. The Morgan fingerprint density at radius 1 is 1.14 bits per heavy atom. The maximum Gasteiger partial charge on any atom is 0.270 e. The molecule has 0 radical (unpaired) electrons. The number of rotatable bonds is 3. The van der Waals surface area contributed by atoms with Gasteiger partial charge in [-0.1, -0.05) is 24.3 Å². The summed E-state index contributed by atoms with van der Waals surface area (Å²) in [5, 5.41) is 28.7. The lowest BCUT2D eigenvalue weighted by Crippen LogP contribution is -1.88. The first-order valence-corrected chi connectivity index (χ1v) is 6.01. The van der Waals surface area contributed by atoms with Crippen molar-refractivity contribution in [1.82, 2.24) is 0 Å². The van der Waals surface area contributed by atoms with E-state index in [9.17, 15) is 15.4 Å². The molecule has 2 aromatic carbocycles. The minimum absolute atomic E-state index is 0.0270. The zero-order chi connectivity index (χ0) is 15.2. The third-order valence-corrected chi connectivity index (χ3v) is 2.84. The molecule has 0 spiro atoms. The highest BCUT2D eigenvalue weighted by molar-refractivity contribution is 5.89. The average Bonchev–Trinajstić information content (AvgIpc) is 2.53. The zero-order valence-electron chi connectivity index (χ0n) is 10.9. The number of nitro benzene ring substituents is 1. The first kappa shape index (κ1) is 14.0. The third-order valence-electron chi connectivity index (χ3n) is 2.84. The highest BCUT2D eigenvalue weighted by Crippen LogP contribution is 2.20. The molecule has 0 aliphatic heterocycles. The van der Waals surface area contributed by atoms with E-state index >= 15 is 0 Å². The van der Waals surface area contributed by atoms with Gasteiger partial charge in [0.15, 0.2) is 0 Å². The predicted octanol–water partition coefficient (Wildman–Crippen LogP) is 3.53. The van der Waals surface area contributed by atoms with Crippen LogP contribution in [-0.4, -0.2) is 4.92 Å². The van der Waals surface area contributed by atoms with Crippen molar-refractivity contribution >= 4 is 17.3 Å². The molecular weight excluding hydrogens is 266 g/mol. The van der Waals surface area contributed by atoms with E-state index in [0.717, 1.165) is 0 Å². The van der Waals surface area contributed by atoms with Crippen molar-refractivity contribution in [3.05, 3.63) is 75.3 Å². The average molecular weight is 275 g/mol. The van der Waals surface area contributed by atoms with E-state index < -0.39 is 4.92 Å². The maximum absolute atomic E-state index is 10.7. The quantitative estimate of drug-likeness (QED) is 0.371. The molecule has 0 aliphatic rings. The highest BCUT2D eigenvalue weighted by atomic mass is 16.6. The molecule has 0 fully saturated rings. The van der Waals surface area contributed by atoms with E-state index in [4.69, 9.17) is 5.26 Å². The molecule has 0 heterocycles. The molecule has 5 nitrogen and oxygen atoms in total. The summed E-state index contributed by atoms with van der Waals surface area (Å²) in [6.07, 6.45) is 1.58. The molecule has 0 amide bonds. The van der Waals surface area contributed by atoms with Crippen molar-refractivity contribution in [2.24, 2.45) is 0 Å². The topological polar surface area (TPSA) is 90.7 Å². The summed E-state index contributed by atoms with van der Waals surface area (Å²) in [4.78, 5) is 10.3. The molecular formula is C16H9N3O2. The number of hydrogen-bond acceptors (Lipinski definition) is 4. The summed E-state index contributed by atoms with van der Waals surface area (Å²) in [5.41, 5.74) is 2.08. The lowest BCUT2D eigenvalue weighted by atomic mass is 10.0. The molecule has 0 bridgehead atoms. The molecule has 2 aromatic rings. The lowest BCUT2D eigenvalue weighted by Gasteiger charge is -2.00. The van der Waals surface area contributed by atoms with Crippen molar-refractivity contribution in [3.63, 3.8) is 0 Å². The molecule has 5 heteroatoms. The van der Waals surface area contributed by atoms with Crippen LogP contribution in [0.2, 0.25) is 0 Å². The van der Waals surface area contributed by atoms with Crippen LogP contribution in [0, 0.1) is 32.8 Å². The van der Waals surface area contributed by atoms with Crippen molar-refractivity contribution in [2.75, 3.05) is 0 Å². The molecule has 21 heavy (non-hydrogen) atoms. The van der Waals surface area contributed by atoms with Gasteiger partial charge in [0.2, 0.25) is 0 Å². The number of benzene rings is 2. The number of nitrogens with zero attached hydrogens (tertiary/aromatic N) is 3. The van der Waals surface area contributed by atoms with Gasteiger partial charge in [0.1, 0.15) is 0 Å². The fourth-order valence-electron chi connectivity index (χ4n) is 1.80. The monoisotopic (exact) mass is 275 g/mol. The van der Waals surface area contributed by atoms with E-state index in [-0.39, 0.29) is 5.69 Å². The summed E-state index contributed by atoms with van der Waals surface area (Å²) in [6, 6.07) is 16.7. The molecule has 0 aliphatic carbocycles. The Hall–Kier alpha value is -3.44. The Balaban J connectivity index is 2.41. The van der Waals surface area contributed by atoms with Crippen molar-refractivity contribution in [2.45, 2.75) is 0 Å². The fraction of sp³-hybridized carbons (Fsp3) is 0. The smallest absolute Gasteiger partial charge is 0.258 e. The van der Waals surface area contributed by atoms with E-state index in [0.29, 0.717) is 22.3 Å². The normalized spacial score (nSPS) is 10.5. The molecule has 0 saturated heterocycles. The Kier molecular flexibility index (Phi) is 4.09. The van der Waals surface area contributed by atoms with Gasteiger partial charge in [-0.25, -0.2) is 0 Å². The Labute approximate surface area is 121 Å². The largest absolute Gasteiger partial charge is 0.270 e. The second kappa shape index (κ2) is 6.14. The predicted molar refractivity (Wildman–Crippen MR) is 77.7 cm³/mol. The Bertz CT molecular complexity index is 794. The van der Waals surface area contributed by atoms with Gasteiger partial charge in [0.05, 0.1) is 28.2 Å². The summed E-state index contributed by atoms with van der Waals surface area (Å²) in [6.45, 7) is 0. The Morgan fingerprint density at radius 2 is 1.86 bits per heavy atom. The second-order valence-corrected chi connectivity index (χ2v) is 4.21. The van der Waals surface area contributed by atoms with Gasteiger partial charge in [0.25, 0.3) is 5.69 Å². The fourth-order valence-corrected chi connectivity index (χ4v) is 1.80. The van der Waals surface area contributed by atoms with E-state index in [1.165, 1.54) is 12.1 Å². The molecule has 100 valence electrons. The van der Waals surface area contributed by atoms with Crippen LogP contribution in [0.5, 0.6) is 0 Å². The standard InChI is InChI=1S/C16H9N3O2/c17-10-12-4-6-14(7-5-12)15(11-18)8-13-2-1-3-16(9-13)19(20)21/h1-9H. The molecule has 0 unspecified atom stereocenters. The van der Waals surface area contributed by atoms with Crippen molar-refractivity contribution < 1.29 is 4.92 Å². The van der Waals surface area contributed by atoms with Crippen molar-refractivity contribution in [3.8, 4) is 12.1 Å². The summed E-state index contributed by atoms with van der Waals surface area (Å²) < 4.78 is 0. The van der Waals surface area contributed by atoms with E-state index in [1.54, 1.807) is 42.5 Å². The van der Waals surface area contributed by atoms with Crippen LogP contribution in [0.3, 0.4) is 0 Å². The molecule has 0 aromatic heterocycles. The van der Waals surface area contributed by atoms with E-state index in [1.807, 2.05) is 6.07 Å². The zero-order valence-corrected chi connectivity index (χ0v) is 10.9. The number of allylic oxidation sites excluding steroid dienone is 1. The summed E-state index contributed by atoms with van der Waals surface area (Å²) in [7, 11) is 0. The molecule has 0 atom stereocenters. The SMILES string of the molecule is N#CC(=Cc1cccc([N+](=O)[O-])c1)c1ccc(C#N)cc1. The van der Waals surface area contributed by atoms with Crippen LogP contribution in [-0.2, 0) is 0 Å². The first-order chi connectivity index (χ1) is 10.1. The number of non-ortho nitro benzene ring substituents is 1. The second-order valence-electron chi connectivity index (χ2n) is 4.21. The molecule has 2 rings (SSSR count). The summed E-state index contributed by atoms with van der Waals surface area (Å²) in [5.74, 6) is 0. The number of nitro groups is 1. The van der Waals surface area contributed by atoms with Crippen LogP contribution in [0.4, 0.5) is 5.69 Å². The van der Waals surface area contributed by atoms with Crippen molar-refractivity contribution in [1.29, 1.82) is 10.5 Å². The van der Waals surface area contributed by atoms with Gasteiger partial charge in [-0.15, -0.1) is 0 Å². The van der Waals surface area contributed by atoms with Gasteiger partial charge in [-0.05, 0) is 29.3 Å². The highest BCUT2D eigenvalue weighted by Gasteiger charge is 2.06. The number of nitriles is 2. The summed E-state index contributed by atoms with van der Waals surface area (Å²) >= 11 is 0. The molecule has 0 N–H and O–H groups in total. The minimum Gasteiger partial charge on any atom is -0.258 e. The van der Waals surface area contributed by atoms with Crippen LogP contribution >= 0.6 is 0 Å². The van der Waals surface area contributed by atoms with Crippen LogP contribution < -0.4 is 0 Å². The molecule has 0 saturated carbocycles. The lowest BCUT2D eigenvalue weighted by molar-refractivity contribution is -0.384. The first-order valence-electron chi connectivity index (χ1n) is 6.01. The van der Waals surface area contributed by atoms with Crippen LogP contribution in [0.25, 0.3) is 11.6 Å². The van der Waals surface area contributed by atoms with Gasteiger partial charge in [-0.3, -0.25) is 10.1 Å².